The zero-order valence-electron chi connectivity index (χ0n) is 12.7. The van der Waals surface area contributed by atoms with E-state index in [4.69, 9.17) is 0 Å². The second-order valence-electron chi connectivity index (χ2n) is 5.80. The standard InChI is InChI=1S/C17H28N2/c1-4-14-6-8-15(9-7-14)17(5-2)18-16-10-12-19(3)13-11-16/h6-9,16-18H,4-5,10-13H2,1-3H3. The van der Waals surface area contributed by atoms with Crippen molar-refractivity contribution >= 4 is 0 Å². The van der Waals surface area contributed by atoms with Gasteiger partial charge in [-0.1, -0.05) is 38.1 Å². The highest BCUT2D eigenvalue weighted by atomic mass is 15.1. The molecule has 0 aliphatic carbocycles. The molecule has 1 aromatic rings. The van der Waals surface area contributed by atoms with E-state index in [1.807, 2.05) is 0 Å². The third-order valence-electron chi connectivity index (χ3n) is 4.35. The molecule has 0 aromatic heterocycles. The van der Waals surface area contributed by atoms with Crippen molar-refractivity contribution in [1.82, 2.24) is 10.2 Å². The highest BCUT2D eigenvalue weighted by Crippen LogP contribution is 2.20. The molecule has 1 saturated heterocycles. The first-order valence-electron chi connectivity index (χ1n) is 7.76. The Labute approximate surface area is 118 Å². The highest BCUT2D eigenvalue weighted by Gasteiger charge is 2.19. The van der Waals surface area contributed by atoms with Crippen LogP contribution in [-0.4, -0.2) is 31.1 Å². The summed E-state index contributed by atoms with van der Waals surface area (Å²) >= 11 is 0. The van der Waals surface area contributed by atoms with Crippen molar-refractivity contribution in [3.63, 3.8) is 0 Å². The van der Waals surface area contributed by atoms with E-state index in [2.05, 4.69) is 55.4 Å². The van der Waals surface area contributed by atoms with Crippen LogP contribution < -0.4 is 5.32 Å². The Morgan fingerprint density at radius 2 is 1.79 bits per heavy atom. The number of rotatable bonds is 5. The number of piperidine rings is 1. The number of benzene rings is 1. The van der Waals surface area contributed by atoms with Crippen LogP contribution in [-0.2, 0) is 6.42 Å². The molecule has 1 heterocycles. The molecule has 1 aliphatic heterocycles. The summed E-state index contributed by atoms with van der Waals surface area (Å²) in [5.74, 6) is 0. The fourth-order valence-electron chi connectivity index (χ4n) is 2.90. The summed E-state index contributed by atoms with van der Waals surface area (Å²) < 4.78 is 0. The molecule has 106 valence electrons. The summed E-state index contributed by atoms with van der Waals surface area (Å²) in [6.07, 6.45) is 4.84. The van der Waals surface area contributed by atoms with Gasteiger partial charge in [0, 0.05) is 12.1 Å². The maximum atomic E-state index is 3.85. The molecule has 19 heavy (non-hydrogen) atoms. The van der Waals surface area contributed by atoms with E-state index in [1.165, 1.54) is 37.1 Å². The zero-order valence-corrected chi connectivity index (χ0v) is 12.7. The maximum absolute atomic E-state index is 3.85. The summed E-state index contributed by atoms with van der Waals surface area (Å²) in [6, 6.07) is 10.3. The summed E-state index contributed by atoms with van der Waals surface area (Å²) in [4.78, 5) is 2.43. The van der Waals surface area contributed by atoms with E-state index in [0.717, 1.165) is 12.8 Å². The lowest BCUT2D eigenvalue weighted by Crippen LogP contribution is -2.42. The van der Waals surface area contributed by atoms with Gasteiger partial charge in [-0.3, -0.25) is 0 Å². The predicted molar refractivity (Wildman–Crippen MR) is 82.5 cm³/mol. The van der Waals surface area contributed by atoms with Crippen LogP contribution in [0.4, 0.5) is 0 Å². The van der Waals surface area contributed by atoms with E-state index < -0.39 is 0 Å². The molecule has 1 fully saturated rings. The van der Waals surface area contributed by atoms with Gasteiger partial charge in [-0.15, -0.1) is 0 Å². The molecule has 0 amide bonds. The SMILES string of the molecule is CCc1ccc(C(CC)NC2CCN(C)CC2)cc1. The van der Waals surface area contributed by atoms with Gasteiger partial charge in [0.15, 0.2) is 0 Å². The van der Waals surface area contributed by atoms with Crippen molar-refractivity contribution in [2.75, 3.05) is 20.1 Å². The molecule has 2 rings (SSSR count). The lowest BCUT2D eigenvalue weighted by atomic mass is 9.98. The fourth-order valence-corrected chi connectivity index (χ4v) is 2.90. The van der Waals surface area contributed by atoms with E-state index >= 15 is 0 Å². The molecule has 2 nitrogen and oxygen atoms in total. The van der Waals surface area contributed by atoms with Crippen LogP contribution in [0.1, 0.15) is 50.3 Å². The van der Waals surface area contributed by atoms with Gasteiger partial charge in [-0.25, -0.2) is 0 Å². The molecule has 0 radical (unpaired) electrons. The maximum Gasteiger partial charge on any atom is 0.0320 e. The minimum atomic E-state index is 0.513. The minimum Gasteiger partial charge on any atom is -0.307 e. The van der Waals surface area contributed by atoms with Gasteiger partial charge in [0.2, 0.25) is 0 Å². The van der Waals surface area contributed by atoms with Gasteiger partial charge in [-0.05, 0) is 56.9 Å². The lowest BCUT2D eigenvalue weighted by Gasteiger charge is -2.32. The average molecular weight is 260 g/mol. The molecule has 0 saturated carbocycles. The van der Waals surface area contributed by atoms with Gasteiger partial charge < -0.3 is 10.2 Å². The summed E-state index contributed by atoms with van der Waals surface area (Å²) in [5, 5.41) is 3.85. The van der Waals surface area contributed by atoms with Crippen molar-refractivity contribution in [3.05, 3.63) is 35.4 Å². The Kier molecular flexibility index (Phi) is 5.41. The predicted octanol–water partition coefficient (Wildman–Crippen LogP) is 3.38. The van der Waals surface area contributed by atoms with E-state index in [1.54, 1.807) is 0 Å². The van der Waals surface area contributed by atoms with Gasteiger partial charge >= 0.3 is 0 Å². The number of aryl methyl sites for hydroxylation is 1. The summed E-state index contributed by atoms with van der Waals surface area (Å²) in [6.45, 7) is 6.94. The highest BCUT2D eigenvalue weighted by molar-refractivity contribution is 5.25. The summed E-state index contributed by atoms with van der Waals surface area (Å²) in [5.41, 5.74) is 2.87. The van der Waals surface area contributed by atoms with Crippen LogP contribution in [0.2, 0.25) is 0 Å². The van der Waals surface area contributed by atoms with Gasteiger partial charge in [0.25, 0.3) is 0 Å². The quantitative estimate of drug-likeness (QED) is 0.873. The molecular formula is C17H28N2. The first-order valence-corrected chi connectivity index (χ1v) is 7.76. The Balaban J connectivity index is 1.95. The van der Waals surface area contributed by atoms with Gasteiger partial charge in [-0.2, -0.15) is 0 Å². The smallest absolute Gasteiger partial charge is 0.0320 e. The van der Waals surface area contributed by atoms with Crippen LogP contribution in [0.5, 0.6) is 0 Å². The fraction of sp³-hybridized carbons (Fsp3) is 0.647. The number of hydrogen-bond acceptors (Lipinski definition) is 2. The van der Waals surface area contributed by atoms with Crippen LogP contribution in [0.3, 0.4) is 0 Å². The van der Waals surface area contributed by atoms with E-state index in [-0.39, 0.29) is 0 Å². The molecule has 1 unspecified atom stereocenters. The average Bonchev–Trinajstić information content (AvgIpc) is 2.47. The van der Waals surface area contributed by atoms with Crippen LogP contribution in [0.25, 0.3) is 0 Å². The lowest BCUT2D eigenvalue weighted by molar-refractivity contribution is 0.223. The van der Waals surface area contributed by atoms with Gasteiger partial charge in [0.05, 0.1) is 0 Å². The molecule has 1 aliphatic rings. The molecule has 2 heteroatoms. The van der Waals surface area contributed by atoms with Crippen LogP contribution >= 0.6 is 0 Å². The third-order valence-corrected chi connectivity index (χ3v) is 4.35. The van der Waals surface area contributed by atoms with E-state index in [9.17, 15) is 0 Å². The largest absolute Gasteiger partial charge is 0.307 e. The third kappa shape index (κ3) is 4.05. The van der Waals surface area contributed by atoms with Crippen molar-refractivity contribution in [2.24, 2.45) is 0 Å². The second-order valence-corrected chi connectivity index (χ2v) is 5.80. The van der Waals surface area contributed by atoms with Crippen molar-refractivity contribution < 1.29 is 0 Å². The first kappa shape index (κ1) is 14.5. The minimum absolute atomic E-state index is 0.513. The van der Waals surface area contributed by atoms with Crippen LogP contribution in [0.15, 0.2) is 24.3 Å². The Hall–Kier alpha value is -0.860. The molecule has 1 atom stereocenters. The molecule has 0 spiro atoms. The van der Waals surface area contributed by atoms with Crippen molar-refractivity contribution in [1.29, 1.82) is 0 Å². The molecular weight excluding hydrogens is 232 g/mol. The monoisotopic (exact) mass is 260 g/mol. The number of nitrogens with one attached hydrogen (secondary N) is 1. The first-order chi connectivity index (χ1) is 9.22. The Morgan fingerprint density at radius 1 is 1.16 bits per heavy atom. The Morgan fingerprint density at radius 3 is 2.32 bits per heavy atom. The van der Waals surface area contributed by atoms with Crippen LogP contribution in [0, 0.1) is 0 Å². The zero-order chi connectivity index (χ0) is 13.7. The molecule has 0 bridgehead atoms. The Bertz CT molecular complexity index is 363. The number of hydrogen-bond donors (Lipinski definition) is 1. The van der Waals surface area contributed by atoms with Crippen molar-refractivity contribution in [3.8, 4) is 0 Å². The van der Waals surface area contributed by atoms with Gasteiger partial charge in [0.1, 0.15) is 0 Å². The molecule has 1 N–H and O–H groups in total. The number of likely N-dealkylation sites (tertiary alicyclic amines) is 1. The topological polar surface area (TPSA) is 15.3 Å². The van der Waals surface area contributed by atoms with Crippen molar-refractivity contribution in [2.45, 2.75) is 51.6 Å². The number of nitrogens with zero attached hydrogens (tertiary/aromatic N) is 1. The molecule has 1 aromatic carbocycles. The summed E-state index contributed by atoms with van der Waals surface area (Å²) in [7, 11) is 2.22. The second kappa shape index (κ2) is 7.06. The van der Waals surface area contributed by atoms with E-state index in [0.29, 0.717) is 12.1 Å². The normalized spacial score (nSPS) is 19.5.